The van der Waals surface area contributed by atoms with E-state index < -0.39 is 10.0 Å². The summed E-state index contributed by atoms with van der Waals surface area (Å²) in [4.78, 5) is 4.43. The van der Waals surface area contributed by atoms with Crippen molar-refractivity contribution < 1.29 is 17.9 Å². The van der Waals surface area contributed by atoms with Crippen LogP contribution in [-0.2, 0) is 14.8 Å². The van der Waals surface area contributed by atoms with Crippen molar-refractivity contribution in [1.29, 1.82) is 0 Å². The SMILES string of the molecule is C/C=C1/C=C(S(=O)(=O)N(CC(C)C)c2cccc(OC)c2)C=CC1=NC.CCC1CCOCC1. The number of benzene rings is 1. The van der Waals surface area contributed by atoms with Gasteiger partial charge in [0.2, 0.25) is 0 Å². The molecule has 0 amide bonds. The second kappa shape index (κ2) is 13.5. The lowest BCUT2D eigenvalue weighted by atomic mass is 9.98. The first-order chi connectivity index (χ1) is 16.3. The largest absolute Gasteiger partial charge is 0.497 e. The molecule has 1 aromatic rings. The molecule has 6 nitrogen and oxygen atoms in total. The van der Waals surface area contributed by atoms with Crippen LogP contribution in [-0.4, -0.2) is 48.0 Å². The van der Waals surface area contributed by atoms with Crippen LogP contribution in [0.2, 0.25) is 0 Å². The third kappa shape index (κ3) is 7.57. The molecule has 0 saturated carbocycles. The predicted molar refractivity (Wildman–Crippen MR) is 142 cm³/mol. The van der Waals surface area contributed by atoms with Crippen LogP contribution in [0.15, 0.2) is 64.0 Å². The summed E-state index contributed by atoms with van der Waals surface area (Å²) in [5.41, 5.74) is 2.15. The topological polar surface area (TPSA) is 68.2 Å². The molecule has 34 heavy (non-hydrogen) atoms. The smallest absolute Gasteiger partial charge is 0.264 e. The van der Waals surface area contributed by atoms with Crippen molar-refractivity contribution in [1.82, 2.24) is 0 Å². The number of anilines is 1. The van der Waals surface area contributed by atoms with Crippen LogP contribution in [0.5, 0.6) is 5.75 Å². The molecule has 1 fully saturated rings. The Morgan fingerprint density at radius 1 is 1.24 bits per heavy atom. The fraction of sp³-hybridized carbons (Fsp3) is 0.519. The Bertz CT molecular complexity index is 1020. The Labute approximate surface area is 206 Å². The van der Waals surface area contributed by atoms with E-state index >= 15 is 0 Å². The molecule has 0 atom stereocenters. The Morgan fingerprint density at radius 2 is 1.94 bits per heavy atom. The van der Waals surface area contributed by atoms with Gasteiger partial charge in [0.25, 0.3) is 10.0 Å². The summed E-state index contributed by atoms with van der Waals surface area (Å²) in [6, 6.07) is 7.11. The summed E-state index contributed by atoms with van der Waals surface area (Å²) in [7, 11) is -0.457. The number of methoxy groups -OCH3 is 1. The summed E-state index contributed by atoms with van der Waals surface area (Å²) in [5, 5.41) is 0. The molecule has 0 unspecified atom stereocenters. The van der Waals surface area contributed by atoms with E-state index in [1.165, 1.54) is 23.6 Å². The molecular weight excluding hydrogens is 448 g/mol. The Balaban J connectivity index is 0.000000430. The Hall–Kier alpha value is -2.38. The fourth-order valence-corrected chi connectivity index (χ4v) is 5.51. The second-order valence-electron chi connectivity index (χ2n) is 8.83. The number of allylic oxidation sites excluding steroid dienone is 5. The first kappa shape index (κ1) is 27.9. The molecular formula is C27H40N2O4S. The van der Waals surface area contributed by atoms with Crippen LogP contribution in [0, 0.1) is 11.8 Å². The zero-order chi connectivity index (χ0) is 25.1. The molecule has 188 valence electrons. The quantitative estimate of drug-likeness (QED) is 0.488. The minimum absolute atomic E-state index is 0.165. The maximum atomic E-state index is 13.4. The first-order valence-corrected chi connectivity index (χ1v) is 13.5. The van der Waals surface area contributed by atoms with Gasteiger partial charge in [0, 0.05) is 32.9 Å². The van der Waals surface area contributed by atoms with E-state index in [4.69, 9.17) is 9.47 Å². The lowest BCUT2D eigenvalue weighted by Crippen LogP contribution is -2.35. The van der Waals surface area contributed by atoms with Gasteiger partial charge in [-0.15, -0.1) is 0 Å². The van der Waals surface area contributed by atoms with Gasteiger partial charge in [0.1, 0.15) is 5.75 Å². The molecule has 0 bridgehead atoms. The van der Waals surface area contributed by atoms with E-state index in [9.17, 15) is 8.42 Å². The summed E-state index contributed by atoms with van der Waals surface area (Å²) in [5.74, 6) is 1.75. The highest BCUT2D eigenvalue weighted by molar-refractivity contribution is 7.96. The van der Waals surface area contributed by atoms with Gasteiger partial charge in [-0.1, -0.05) is 39.3 Å². The lowest BCUT2D eigenvalue weighted by Gasteiger charge is -2.27. The highest BCUT2D eigenvalue weighted by Gasteiger charge is 2.28. The zero-order valence-corrected chi connectivity index (χ0v) is 22.3. The van der Waals surface area contributed by atoms with Gasteiger partial charge in [0.05, 0.1) is 23.4 Å². The average Bonchev–Trinajstić information content (AvgIpc) is 2.87. The minimum Gasteiger partial charge on any atom is -0.497 e. The summed E-state index contributed by atoms with van der Waals surface area (Å²) in [6.45, 7) is 10.5. The molecule has 1 aliphatic heterocycles. The van der Waals surface area contributed by atoms with Crippen molar-refractivity contribution in [2.45, 2.75) is 47.0 Å². The van der Waals surface area contributed by atoms with Crippen LogP contribution in [0.4, 0.5) is 5.69 Å². The molecule has 0 aromatic heterocycles. The molecule has 7 heteroatoms. The molecule has 2 aliphatic rings. The van der Waals surface area contributed by atoms with Gasteiger partial charge in [-0.25, -0.2) is 8.42 Å². The third-order valence-electron chi connectivity index (χ3n) is 5.93. The Morgan fingerprint density at radius 3 is 2.47 bits per heavy atom. The maximum Gasteiger partial charge on any atom is 0.264 e. The number of rotatable bonds is 7. The molecule has 3 rings (SSSR count). The van der Waals surface area contributed by atoms with Gasteiger partial charge in [-0.2, -0.15) is 0 Å². The zero-order valence-electron chi connectivity index (χ0n) is 21.5. The van der Waals surface area contributed by atoms with E-state index in [1.54, 1.807) is 56.7 Å². The van der Waals surface area contributed by atoms with E-state index in [0.29, 0.717) is 18.0 Å². The minimum atomic E-state index is -3.72. The number of ether oxygens (including phenoxy) is 2. The number of hydrogen-bond donors (Lipinski definition) is 0. The monoisotopic (exact) mass is 488 g/mol. The van der Waals surface area contributed by atoms with Gasteiger partial charge in [-0.3, -0.25) is 9.30 Å². The van der Waals surface area contributed by atoms with Crippen molar-refractivity contribution in [2.75, 3.05) is 38.2 Å². The van der Waals surface area contributed by atoms with Crippen LogP contribution < -0.4 is 9.04 Å². The number of hydrogen-bond acceptors (Lipinski definition) is 5. The normalized spacial score (nSPS) is 19.1. The molecule has 1 aliphatic carbocycles. The van der Waals surface area contributed by atoms with Crippen molar-refractivity contribution in [3.63, 3.8) is 0 Å². The molecule has 1 aromatic carbocycles. The maximum absolute atomic E-state index is 13.4. The molecule has 0 radical (unpaired) electrons. The standard InChI is InChI=1S/C20H26N2O3S.C7H14O/c1-6-16-12-19(10-11-20(16)21-4)26(23,24)22(14-15(2)3)17-8-7-9-18(13-17)25-5;1-2-7-3-5-8-6-4-7/h6-13,15H,14H2,1-5H3;7H,2-6H2,1H3/b16-6-,21-20?;. The number of sulfonamides is 1. The Kier molecular flexibility index (Phi) is 11.1. The number of nitrogens with zero attached hydrogens (tertiary/aromatic N) is 2. The van der Waals surface area contributed by atoms with Crippen molar-refractivity contribution in [3.8, 4) is 5.75 Å². The highest BCUT2D eigenvalue weighted by atomic mass is 32.2. The van der Waals surface area contributed by atoms with Crippen LogP contribution in [0.3, 0.4) is 0 Å². The fourth-order valence-electron chi connectivity index (χ4n) is 3.85. The van der Waals surface area contributed by atoms with E-state index in [1.807, 2.05) is 26.8 Å². The van der Waals surface area contributed by atoms with E-state index in [0.717, 1.165) is 30.4 Å². The highest BCUT2D eigenvalue weighted by Crippen LogP contribution is 2.30. The number of aliphatic imine (C=N–C) groups is 1. The molecule has 0 spiro atoms. The molecule has 1 saturated heterocycles. The summed E-state index contributed by atoms with van der Waals surface area (Å²) in [6.07, 6.45) is 10.8. The van der Waals surface area contributed by atoms with E-state index in [-0.39, 0.29) is 10.8 Å². The summed E-state index contributed by atoms with van der Waals surface area (Å²) >= 11 is 0. The lowest BCUT2D eigenvalue weighted by molar-refractivity contribution is 0.0654. The van der Waals surface area contributed by atoms with Crippen LogP contribution in [0.25, 0.3) is 0 Å². The second-order valence-corrected chi connectivity index (χ2v) is 10.7. The first-order valence-electron chi connectivity index (χ1n) is 12.0. The third-order valence-corrected chi connectivity index (χ3v) is 7.72. The molecule has 1 heterocycles. The summed E-state index contributed by atoms with van der Waals surface area (Å²) < 4.78 is 38.7. The van der Waals surface area contributed by atoms with Crippen molar-refractivity contribution in [3.05, 3.63) is 59.0 Å². The van der Waals surface area contributed by atoms with Crippen LogP contribution in [0.1, 0.15) is 47.0 Å². The average molecular weight is 489 g/mol. The van der Waals surface area contributed by atoms with Gasteiger partial charge in [-0.05, 0) is 67.5 Å². The van der Waals surface area contributed by atoms with Gasteiger partial charge in [0.15, 0.2) is 0 Å². The van der Waals surface area contributed by atoms with Gasteiger partial charge < -0.3 is 9.47 Å². The van der Waals surface area contributed by atoms with Crippen molar-refractivity contribution >= 4 is 21.4 Å². The predicted octanol–water partition coefficient (Wildman–Crippen LogP) is 5.78. The van der Waals surface area contributed by atoms with E-state index in [2.05, 4.69) is 11.9 Å². The van der Waals surface area contributed by atoms with Gasteiger partial charge >= 0.3 is 0 Å². The van der Waals surface area contributed by atoms with Crippen LogP contribution >= 0.6 is 0 Å². The molecule has 0 N–H and O–H groups in total. The van der Waals surface area contributed by atoms with Crippen molar-refractivity contribution in [2.24, 2.45) is 16.8 Å².